The van der Waals surface area contributed by atoms with Crippen molar-refractivity contribution < 1.29 is 4.74 Å². The van der Waals surface area contributed by atoms with E-state index >= 15 is 0 Å². The zero-order valence-electron chi connectivity index (χ0n) is 11.7. The van der Waals surface area contributed by atoms with Crippen molar-refractivity contribution in [2.75, 3.05) is 13.7 Å². The average Bonchev–Trinajstić information content (AvgIpc) is 2.95. The molecule has 0 radical (unpaired) electrons. The number of hydrogen-bond acceptors (Lipinski definition) is 4. The minimum atomic E-state index is 0.0487. The number of aryl methyl sites for hydroxylation is 2. The highest BCUT2D eigenvalue weighted by molar-refractivity contribution is 7.71. The number of ether oxygens (including phenoxy) is 1. The third-order valence-electron chi connectivity index (χ3n) is 3.97. The number of methoxy groups -OCH3 is 1. The van der Waals surface area contributed by atoms with Crippen LogP contribution in [0, 0.1) is 4.77 Å². The van der Waals surface area contributed by atoms with Gasteiger partial charge in [0.1, 0.15) is 4.83 Å². The molecule has 0 saturated carbocycles. The number of thiophene rings is 1. The van der Waals surface area contributed by atoms with Crippen LogP contribution in [0.1, 0.15) is 36.2 Å². The van der Waals surface area contributed by atoms with Crippen LogP contribution in [0.4, 0.5) is 0 Å². The van der Waals surface area contributed by atoms with Gasteiger partial charge in [0.15, 0.2) is 4.77 Å². The summed E-state index contributed by atoms with van der Waals surface area (Å²) in [6.45, 7) is 2.64. The molecule has 0 fully saturated rings. The largest absolute Gasteiger partial charge is 0.385 e. The lowest BCUT2D eigenvalue weighted by molar-refractivity contribution is 0.180. The Bertz CT molecular complexity index is 757. The topological polar surface area (TPSA) is 47.0 Å². The molecule has 2 heterocycles. The SMILES string of the molecule is COCCC(C)n1c(=S)[nH]c2sc3c(c2c1=O)CCC3. The first-order valence-electron chi connectivity index (χ1n) is 6.91. The normalized spacial score (nSPS) is 15.7. The van der Waals surface area contributed by atoms with Crippen molar-refractivity contribution in [2.24, 2.45) is 0 Å². The molecule has 2 aromatic heterocycles. The van der Waals surface area contributed by atoms with Crippen LogP contribution in [0.25, 0.3) is 10.2 Å². The maximum absolute atomic E-state index is 12.8. The average molecular weight is 310 g/mol. The van der Waals surface area contributed by atoms with Crippen molar-refractivity contribution in [2.45, 2.75) is 38.6 Å². The second kappa shape index (κ2) is 5.42. The molecule has 1 N–H and O–H groups in total. The van der Waals surface area contributed by atoms with Crippen LogP contribution in [0.5, 0.6) is 0 Å². The Labute approximate surface area is 126 Å². The first kappa shape index (κ1) is 14.0. The van der Waals surface area contributed by atoms with Crippen LogP contribution in [0.2, 0.25) is 0 Å². The molecule has 1 unspecified atom stereocenters. The van der Waals surface area contributed by atoms with E-state index in [1.54, 1.807) is 23.0 Å². The van der Waals surface area contributed by atoms with Gasteiger partial charge >= 0.3 is 0 Å². The van der Waals surface area contributed by atoms with E-state index in [0.717, 1.165) is 35.9 Å². The summed E-state index contributed by atoms with van der Waals surface area (Å²) in [6.07, 6.45) is 4.05. The van der Waals surface area contributed by atoms with E-state index in [-0.39, 0.29) is 11.6 Å². The van der Waals surface area contributed by atoms with E-state index < -0.39 is 0 Å². The highest BCUT2D eigenvalue weighted by Gasteiger charge is 2.22. The Morgan fingerprint density at radius 2 is 2.30 bits per heavy atom. The van der Waals surface area contributed by atoms with Gasteiger partial charge < -0.3 is 9.72 Å². The van der Waals surface area contributed by atoms with Crippen molar-refractivity contribution in [3.63, 3.8) is 0 Å². The van der Waals surface area contributed by atoms with E-state index in [1.807, 2.05) is 6.92 Å². The van der Waals surface area contributed by atoms with Crippen LogP contribution in [0.15, 0.2) is 4.79 Å². The molecule has 0 spiro atoms. The fraction of sp³-hybridized carbons (Fsp3) is 0.571. The molecule has 1 aliphatic carbocycles. The highest BCUT2D eigenvalue weighted by Crippen LogP contribution is 2.34. The Hall–Kier alpha value is -0.980. The minimum absolute atomic E-state index is 0.0487. The predicted octanol–water partition coefficient (Wildman–Crippen LogP) is 3.21. The van der Waals surface area contributed by atoms with E-state index in [2.05, 4.69) is 4.98 Å². The van der Waals surface area contributed by atoms with Gasteiger partial charge in [0, 0.05) is 24.6 Å². The van der Waals surface area contributed by atoms with Crippen molar-refractivity contribution >= 4 is 33.8 Å². The second-order valence-electron chi connectivity index (χ2n) is 5.30. The number of rotatable bonds is 4. The monoisotopic (exact) mass is 310 g/mol. The molecule has 3 rings (SSSR count). The van der Waals surface area contributed by atoms with Gasteiger partial charge in [0.2, 0.25) is 0 Å². The van der Waals surface area contributed by atoms with Gasteiger partial charge in [-0.15, -0.1) is 11.3 Å². The Kier molecular flexibility index (Phi) is 3.79. The smallest absolute Gasteiger partial charge is 0.263 e. The predicted molar refractivity (Wildman–Crippen MR) is 84.5 cm³/mol. The van der Waals surface area contributed by atoms with Crippen molar-refractivity contribution in [3.05, 3.63) is 25.6 Å². The van der Waals surface area contributed by atoms with Crippen LogP contribution >= 0.6 is 23.6 Å². The van der Waals surface area contributed by atoms with Crippen molar-refractivity contribution in [3.8, 4) is 0 Å². The number of aromatic amines is 1. The van der Waals surface area contributed by atoms with Gasteiger partial charge in [-0.05, 0) is 50.4 Å². The van der Waals surface area contributed by atoms with Crippen molar-refractivity contribution in [1.82, 2.24) is 9.55 Å². The standard InChI is InChI=1S/C14H18N2O2S2/c1-8(6-7-18-2)16-13(17)11-9-4-3-5-10(9)20-12(11)15-14(16)19/h8H,3-7H2,1-2H3,(H,15,19). The first-order valence-corrected chi connectivity index (χ1v) is 8.14. The quantitative estimate of drug-likeness (QED) is 0.882. The lowest BCUT2D eigenvalue weighted by Crippen LogP contribution is -2.26. The summed E-state index contributed by atoms with van der Waals surface area (Å²) in [5, 5.41) is 0.861. The second-order valence-corrected chi connectivity index (χ2v) is 6.79. The molecule has 0 bridgehead atoms. The van der Waals surface area contributed by atoms with Crippen LogP contribution in [0.3, 0.4) is 0 Å². The highest BCUT2D eigenvalue weighted by atomic mass is 32.1. The fourth-order valence-electron chi connectivity index (χ4n) is 2.91. The summed E-state index contributed by atoms with van der Waals surface area (Å²) in [5.74, 6) is 0. The van der Waals surface area contributed by atoms with Gasteiger partial charge in [0.05, 0.1) is 5.39 Å². The number of fused-ring (bicyclic) bond motifs is 3. The summed E-state index contributed by atoms with van der Waals surface area (Å²) < 4.78 is 7.33. The molecule has 0 saturated heterocycles. The molecule has 1 atom stereocenters. The number of aromatic nitrogens is 2. The lowest BCUT2D eigenvalue weighted by atomic mass is 10.2. The van der Waals surface area contributed by atoms with Crippen molar-refractivity contribution in [1.29, 1.82) is 0 Å². The third kappa shape index (κ3) is 2.16. The summed E-state index contributed by atoms with van der Waals surface area (Å²) >= 11 is 7.07. The zero-order valence-corrected chi connectivity index (χ0v) is 13.3. The Morgan fingerprint density at radius 3 is 3.05 bits per heavy atom. The van der Waals surface area contributed by atoms with Gasteiger partial charge in [-0.1, -0.05) is 0 Å². The molecular weight excluding hydrogens is 292 g/mol. The molecule has 2 aromatic rings. The van der Waals surface area contributed by atoms with E-state index in [9.17, 15) is 4.79 Å². The molecule has 20 heavy (non-hydrogen) atoms. The molecule has 0 amide bonds. The lowest BCUT2D eigenvalue weighted by Gasteiger charge is -2.15. The Morgan fingerprint density at radius 1 is 1.50 bits per heavy atom. The van der Waals surface area contributed by atoms with E-state index in [1.165, 1.54) is 10.4 Å². The van der Waals surface area contributed by atoms with Gasteiger partial charge in [0.25, 0.3) is 5.56 Å². The molecule has 0 aliphatic heterocycles. The van der Waals surface area contributed by atoms with Crippen LogP contribution < -0.4 is 5.56 Å². The number of nitrogens with one attached hydrogen (secondary N) is 1. The summed E-state index contributed by atoms with van der Waals surface area (Å²) in [7, 11) is 1.67. The number of hydrogen-bond donors (Lipinski definition) is 1. The molecule has 1 aliphatic rings. The van der Waals surface area contributed by atoms with Crippen LogP contribution in [-0.2, 0) is 17.6 Å². The number of nitrogens with zero attached hydrogens (tertiary/aromatic N) is 1. The van der Waals surface area contributed by atoms with Gasteiger partial charge in [-0.25, -0.2) is 0 Å². The van der Waals surface area contributed by atoms with E-state index in [0.29, 0.717) is 11.4 Å². The fourth-order valence-corrected chi connectivity index (χ4v) is 4.62. The molecule has 6 heteroatoms. The zero-order chi connectivity index (χ0) is 14.3. The maximum atomic E-state index is 12.8. The summed E-state index contributed by atoms with van der Waals surface area (Å²) in [5.41, 5.74) is 1.31. The minimum Gasteiger partial charge on any atom is -0.385 e. The summed E-state index contributed by atoms with van der Waals surface area (Å²) in [4.78, 5) is 18.4. The third-order valence-corrected chi connectivity index (χ3v) is 5.48. The first-order chi connectivity index (χ1) is 9.63. The van der Waals surface area contributed by atoms with Gasteiger partial charge in [-0.2, -0.15) is 0 Å². The Balaban J connectivity index is 2.18. The molecule has 4 nitrogen and oxygen atoms in total. The number of H-pyrrole nitrogens is 1. The van der Waals surface area contributed by atoms with E-state index in [4.69, 9.17) is 17.0 Å². The molecular formula is C14H18N2O2S2. The molecule has 108 valence electrons. The maximum Gasteiger partial charge on any atom is 0.263 e. The van der Waals surface area contributed by atoms with Gasteiger partial charge in [-0.3, -0.25) is 9.36 Å². The van der Waals surface area contributed by atoms with Crippen LogP contribution in [-0.4, -0.2) is 23.3 Å². The molecule has 0 aromatic carbocycles. The summed E-state index contributed by atoms with van der Waals surface area (Å²) in [6, 6.07) is 0.0487.